The van der Waals surface area contributed by atoms with Gasteiger partial charge < -0.3 is 14.6 Å². The summed E-state index contributed by atoms with van der Waals surface area (Å²) in [5.41, 5.74) is 1.91. The predicted octanol–water partition coefficient (Wildman–Crippen LogP) is 4.07. The fraction of sp³-hybridized carbons (Fsp3) is 0.391. The molecule has 2 rings (SSSR count). The molecule has 0 aliphatic rings. The third-order valence-electron chi connectivity index (χ3n) is 4.44. The summed E-state index contributed by atoms with van der Waals surface area (Å²) < 4.78 is 11.9. The molecule has 0 aliphatic heterocycles. The van der Waals surface area contributed by atoms with Crippen molar-refractivity contribution >= 4 is 35.1 Å². The number of benzene rings is 2. The van der Waals surface area contributed by atoms with Crippen LogP contribution in [-0.2, 0) is 17.6 Å². The smallest absolute Gasteiger partial charge is 0.141 e. The van der Waals surface area contributed by atoms with Gasteiger partial charge in [0.05, 0.1) is 12.1 Å². The van der Waals surface area contributed by atoms with Gasteiger partial charge in [0.1, 0.15) is 30.5 Å². The zero-order valence-corrected chi connectivity index (χ0v) is 18.9. The molecule has 0 aromatic heterocycles. The number of hydrogen-bond donors (Lipinski definition) is 1. The number of alkyl halides is 1. The first kappa shape index (κ1) is 23.3. The number of carbonyl (C=O) groups is 1. The number of hydrogen-bond acceptors (Lipinski definition) is 5. The van der Waals surface area contributed by atoms with E-state index in [0.717, 1.165) is 23.3 Å². The molecule has 0 aliphatic carbocycles. The van der Waals surface area contributed by atoms with Gasteiger partial charge in [-0.2, -0.15) is 0 Å². The summed E-state index contributed by atoms with van der Waals surface area (Å²) in [5, 5.41) is 9.54. The highest BCUT2D eigenvalue weighted by molar-refractivity contribution is 14.1. The number of aliphatic imine (C=N–C) groups is 1. The van der Waals surface area contributed by atoms with E-state index in [2.05, 4.69) is 41.2 Å². The van der Waals surface area contributed by atoms with E-state index < -0.39 is 6.10 Å². The van der Waals surface area contributed by atoms with E-state index in [1.54, 1.807) is 0 Å². The van der Waals surface area contributed by atoms with Crippen molar-refractivity contribution in [3.8, 4) is 11.5 Å². The zero-order valence-electron chi connectivity index (χ0n) is 16.7. The average molecular weight is 509 g/mol. The van der Waals surface area contributed by atoms with Gasteiger partial charge >= 0.3 is 0 Å². The Morgan fingerprint density at radius 2 is 1.48 bits per heavy atom. The minimum Gasteiger partial charge on any atom is -0.491 e. The number of aliphatic hydroxyl groups is 1. The molecule has 0 radical (unpaired) electrons. The number of Topliss-reactive ketones (excluding diaryl/α,β-unsaturated/α-hetero) is 1. The number of carbonyl (C=O) groups excluding carboxylic acids is 1. The van der Waals surface area contributed by atoms with Gasteiger partial charge in [-0.3, -0.25) is 9.79 Å². The molecule has 1 N–H and O–H groups in total. The van der Waals surface area contributed by atoms with Crippen LogP contribution in [0.15, 0.2) is 53.5 Å². The molecule has 156 valence electrons. The predicted molar refractivity (Wildman–Crippen MR) is 125 cm³/mol. The van der Waals surface area contributed by atoms with Crippen LogP contribution in [0.3, 0.4) is 0 Å². The number of ether oxygens (including phenoxy) is 2. The Bertz CT molecular complexity index is 761. The minimum absolute atomic E-state index is 0.101. The first-order valence-corrected chi connectivity index (χ1v) is 11.2. The van der Waals surface area contributed by atoms with Crippen molar-refractivity contribution in [2.75, 3.05) is 17.6 Å². The molecule has 2 aromatic rings. The average Bonchev–Trinajstić information content (AvgIpc) is 2.74. The van der Waals surface area contributed by atoms with Crippen LogP contribution in [0.5, 0.6) is 11.5 Å². The summed E-state index contributed by atoms with van der Waals surface area (Å²) in [5.74, 6) is 1.61. The monoisotopic (exact) mass is 509 g/mol. The molecule has 0 saturated carbocycles. The highest BCUT2D eigenvalue weighted by Crippen LogP contribution is 2.16. The highest BCUT2D eigenvalue weighted by Gasteiger charge is 2.08. The van der Waals surface area contributed by atoms with Crippen molar-refractivity contribution in [2.24, 2.45) is 4.99 Å². The number of ketones is 1. The second-order valence-electron chi connectivity index (χ2n) is 6.85. The number of aliphatic hydroxyl groups excluding tert-OH is 1. The molecule has 0 amide bonds. The molecular weight excluding hydrogens is 481 g/mol. The lowest BCUT2D eigenvalue weighted by Gasteiger charge is -2.11. The van der Waals surface area contributed by atoms with Crippen LogP contribution < -0.4 is 9.47 Å². The lowest BCUT2D eigenvalue weighted by atomic mass is 10.0. The molecular formula is C23H28INO4. The molecule has 2 atom stereocenters. The van der Waals surface area contributed by atoms with Gasteiger partial charge in [0, 0.05) is 17.3 Å². The number of rotatable bonds is 13. The van der Waals surface area contributed by atoms with Crippen LogP contribution in [-0.4, -0.2) is 47.4 Å². The normalized spacial score (nSPS) is 12.8. The fourth-order valence-electron chi connectivity index (χ4n) is 2.65. The number of halogens is 1. The lowest BCUT2D eigenvalue weighted by molar-refractivity contribution is -0.117. The van der Waals surface area contributed by atoms with E-state index in [0.29, 0.717) is 29.6 Å². The van der Waals surface area contributed by atoms with Crippen molar-refractivity contribution < 1.29 is 19.4 Å². The van der Waals surface area contributed by atoms with Gasteiger partial charge in [-0.25, -0.2) is 0 Å². The van der Waals surface area contributed by atoms with E-state index in [1.807, 2.05) is 48.5 Å². The first-order valence-electron chi connectivity index (χ1n) is 9.69. The molecule has 0 heterocycles. The first-order chi connectivity index (χ1) is 14.0. The van der Waals surface area contributed by atoms with Crippen LogP contribution in [0.4, 0.5) is 0 Å². The molecule has 0 spiro atoms. The largest absolute Gasteiger partial charge is 0.491 e. The van der Waals surface area contributed by atoms with Crippen LogP contribution >= 0.6 is 22.6 Å². The van der Waals surface area contributed by atoms with Crippen molar-refractivity contribution in [1.29, 1.82) is 0 Å². The van der Waals surface area contributed by atoms with E-state index >= 15 is 0 Å². The van der Waals surface area contributed by atoms with Gasteiger partial charge in [-0.15, -0.1) is 0 Å². The second-order valence-corrected chi connectivity index (χ2v) is 7.74. The van der Waals surface area contributed by atoms with Gasteiger partial charge in [-0.05, 0) is 48.5 Å². The van der Waals surface area contributed by atoms with Crippen molar-refractivity contribution in [3.05, 3.63) is 59.7 Å². The van der Waals surface area contributed by atoms with Gasteiger partial charge in [0.2, 0.25) is 0 Å². The summed E-state index contributed by atoms with van der Waals surface area (Å²) in [6, 6.07) is 15.1. The summed E-state index contributed by atoms with van der Waals surface area (Å²) in [6.45, 7) is 6.39. The minimum atomic E-state index is -0.472. The molecule has 0 bridgehead atoms. The zero-order chi connectivity index (χ0) is 21.1. The maximum Gasteiger partial charge on any atom is 0.141 e. The summed E-state index contributed by atoms with van der Waals surface area (Å²) in [7, 11) is 0. The Balaban J connectivity index is 1.80. The Morgan fingerprint density at radius 1 is 1.00 bits per heavy atom. The molecule has 29 heavy (non-hydrogen) atoms. The van der Waals surface area contributed by atoms with Crippen LogP contribution in [0, 0.1) is 0 Å². The van der Waals surface area contributed by atoms with Crippen molar-refractivity contribution in [3.63, 3.8) is 0 Å². The van der Waals surface area contributed by atoms with Crippen LogP contribution in [0.25, 0.3) is 0 Å². The SMILES string of the molecule is C=NC(CC)COc1ccc(CC(=O)Cc2ccc(OCC(O)CI)cc2)cc1. The summed E-state index contributed by atoms with van der Waals surface area (Å²) in [4.78, 5) is 16.4. The third-order valence-corrected chi connectivity index (χ3v) is 5.46. The quantitative estimate of drug-likeness (QED) is 0.251. The van der Waals surface area contributed by atoms with E-state index in [-0.39, 0.29) is 18.4 Å². The topological polar surface area (TPSA) is 68.1 Å². The Morgan fingerprint density at radius 3 is 1.90 bits per heavy atom. The molecule has 2 aromatic carbocycles. The summed E-state index contributed by atoms with van der Waals surface area (Å²) in [6.07, 6.45) is 1.17. The van der Waals surface area contributed by atoms with Gasteiger partial charge in [0.15, 0.2) is 0 Å². The summed E-state index contributed by atoms with van der Waals surface area (Å²) >= 11 is 2.11. The molecule has 6 heteroatoms. The molecule has 5 nitrogen and oxygen atoms in total. The Labute approximate surface area is 186 Å². The standard InChI is InChI=1S/C23H28INO4/c1-3-19(25-2)15-28-22-8-4-17(5-9-22)12-20(26)13-18-6-10-23(11-7-18)29-16-21(27)14-24/h4-11,19,21,27H,2-3,12-16H2,1H3. The van der Waals surface area contributed by atoms with E-state index in [9.17, 15) is 9.90 Å². The van der Waals surface area contributed by atoms with E-state index in [4.69, 9.17) is 9.47 Å². The maximum absolute atomic E-state index is 12.4. The van der Waals surface area contributed by atoms with Gasteiger partial charge in [0.25, 0.3) is 0 Å². The van der Waals surface area contributed by atoms with Crippen LogP contribution in [0.2, 0.25) is 0 Å². The third kappa shape index (κ3) is 8.53. The van der Waals surface area contributed by atoms with E-state index in [1.165, 1.54) is 0 Å². The molecule has 0 fully saturated rings. The van der Waals surface area contributed by atoms with Crippen LogP contribution in [0.1, 0.15) is 24.5 Å². The highest BCUT2D eigenvalue weighted by atomic mass is 127. The van der Waals surface area contributed by atoms with Crippen molar-refractivity contribution in [1.82, 2.24) is 0 Å². The Kier molecular flexibility index (Phi) is 10.1. The molecule has 2 unspecified atom stereocenters. The second kappa shape index (κ2) is 12.6. The maximum atomic E-state index is 12.4. The fourth-order valence-corrected chi connectivity index (χ4v) is 2.91. The Hall–Kier alpha value is -1.93. The number of nitrogens with zero attached hydrogens (tertiary/aromatic N) is 1. The van der Waals surface area contributed by atoms with Gasteiger partial charge in [-0.1, -0.05) is 53.8 Å². The lowest BCUT2D eigenvalue weighted by Crippen LogP contribution is -2.18. The molecule has 0 saturated heterocycles. The van der Waals surface area contributed by atoms with Crippen molar-refractivity contribution in [2.45, 2.75) is 38.3 Å².